The smallest absolute Gasteiger partial charge is 0.115 e. The highest BCUT2D eigenvalue weighted by atomic mass is 32.2. The molecule has 8 N–H and O–H groups in total. The number of nitrogens with two attached hydrogens (primary N) is 2. The van der Waals surface area contributed by atoms with Crippen molar-refractivity contribution in [2.45, 2.75) is 16.7 Å². The van der Waals surface area contributed by atoms with E-state index in [1.807, 2.05) is 42.5 Å². The number of rotatable bonds is 11. The molecule has 0 aliphatic rings. The molecule has 0 radical (unpaired) electrons. The van der Waals surface area contributed by atoms with Crippen molar-refractivity contribution in [1.82, 2.24) is 20.2 Å². The quantitative estimate of drug-likeness (QED) is 0.146. The summed E-state index contributed by atoms with van der Waals surface area (Å²) < 4.78 is 4.34. The molecular formula is C21H26N6O2S2. The molecule has 0 spiro atoms. The maximum Gasteiger partial charge on any atom is 0.115 e. The van der Waals surface area contributed by atoms with E-state index in [1.54, 1.807) is 35.9 Å². The molecule has 0 aliphatic carbocycles. The molecule has 1 atom stereocenters. The maximum atomic E-state index is 9.42. The Labute approximate surface area is 189 Å². The van der Waals surface area contributed by atoms with Gasteiger partial charge in [-0.2, -0.15) is 0 Å². The van der Waals surface area contributed by atoms with Crippen molar-refractivity contribution in [3.63, 3.8) is 0 Å². The number of benzene rings is 1. The van der Waals surface area contributed by atoms with Crippen LogP contribution < -0.4 is 21.8 Å². The Bertz CT molecular complexity index is 966. The highest BCUT2D eigenvalue weighted by molar-refractivity contribution is 7.99. The summed E-state index contributed by atoms with van der Waals surface area (Å²) in [5.41, 5.74) is 10.8. The predicted octanol–water partition coefficient (Wildman–Crippen LogP) is 2.68. The van der Waals surface area contributed by atoms with Gasteiger partial charge in [-0.25, -0.2) is 11.3 Å². The summed E-state index contributed by atoms with van der Waals surface area (Å²) in [5.74, 6) is 6.37. The minimum Gasteiger partial charge on any atom is -0.508 e. The molecule has 0 amide bonds. The summed E-state index contributed by atoms with van der Waals surface area (Å²) in [4.78, 5) is 5.47. The van der Waals surface area contributed by atoms with Crippen LogP contribution in [-0.2, 0) is 6.42 Å². The van der Waals surface area contributed by atoms with Crippen molar-refractivity contribution in [3.8, 4) is 16.3 Å². The van der Waals surface area contributed by atoms with Crippen LogP contribution >= 0.6 is 23.3 Å². The number of nitrogens with one attached hydrogen (secondary N) is 2. The first kappa shape index (κ1) is 23.1. The topological polar surface area (TPSA) is 133 Å². The van der Waals surface area contributed by atoms with Gasteiger partial charge in [-0.1, -0.05) is 18.2 Å². The molecule has 0 saturated carbocycles. The zero-order valence-electron chi connectivity index (χ0n) is 16.8. The Morgan fingerprint density at radius 2 is 2.00 bits per heavy atom. The number of nitrogens with zero attached hydrogens (tertiary/aromatic N) is 2. The second-order valence-electron chi connectivity index (χ2n) is 6.79. The summed E-state index contributed by atoms with van der Waals surface area (Å²) >= 11 is 3.15. The highest BCUT2D eigenvalue weighted by Crippen LogP contribution is 2.31. The second kappa shape index (κ2) is 11.7. The van der Waals surface area contributed by atoms with E-state index in [9.17, 15) is 5.11 Å². The largest absolute Gasteiger partial charge is 0.508 e. The zero-order chi connectivity index (χ0) is 22.1. The van der Waals surface area contributed by atoms with E-state index in [1.165, 1.54) is 17.0 Å². The third-order valence-electron chi connectivity index (χ3n) is 4.42. The molecule has 1 aromatic carbocycles. The SMILES string of the molecule is N/C(=C\N(N)[C@@H](CNO)Cc1ccc(O)cc1)CNSc1ccc(-c2ccccn2)s1. The Kier molecular flexibility index (Phi) is 8.71. The van der Waals surface area contributed by atoms with Crippen LogP contribution in [0.4, 0.5) is 0 Å². The molecule has 2 aromatic heterocycles. The Hall–Kier alpha value is -2.60. The molecule has 2 heterocycles. The van der Waals surface area contributed by atoms with Gasteiger partial charge in [0.2, 0.25) is 0 Å². The molecule has 0 bridgehead atoms. The van der Waals surface area contributed by atoms with Crippen LogP contribution in [-0.4, -0.2) is 39.4 Å². The van der Waals surface area contributed by atoms with Gasteiger partial charge in [0.15, 0.2) is 0 Å². The number of aromatic hydroxyl groups is 1. The van der Waals surface area contributed by atoms with E-state index in [4.69, 9.17) is 16.8 Å². The van der Waals surface area contributed by atoms with E-state index in [-0.39, 0.29) is 18.3 Å². The van der Waals surface area contributed by atoms with Crippen molar-refractivity contribution in [2.24, 2.45) is 11.6 Å². The van der Waals surface area contributed by atoms with Crippen LogP contribution in [0.2, 0.25) is 0 Å². The van der Waals surface area contributed by atoms with E-state index < -0.39 is 0 Å². The number of hydroxylamine groups is 1. The zero-order valence-corrected chi connectivity index (χ0v) is 18.4. The van der Waals surface area contributed by atoms with Gasteiger partial charge in [0, 0.05) is 31.2 Å². The third kappa shape index (κ3) is 7.24. The maximum absolute atomic E-state index is 9.42. The Morgan fingerprint density at radius 3 is 2.71 bits per heavy atom. The minimum atomic E-state index is -0.223. The average Bonchev–Trinajstić information content (AvgIpc) is 3.24. The lowest BCUT2D eigenvalue weighted by Gasteiger charge is -2.26. The lowest BCUT2D eigenvalue weighted by molar-refractivity contribution is 0.129. The van der Waals surface area contributed by atoms with Gasteiger partial charge in [0.1, 0.15) is 5.75 Å². The van der Waals surface area contributed by atoms with Crippen molar-refractivity contribution in [1.29, 1.82) is 0 Å². The van der Waals surface area contributed by atoms with E-state index >= 15 is 0 Å². The van der Waals surface area contributed by atoms with Gasteiger partial charge in [-0.05, 0) is 60.3 Å². The number of phenols is 1. The fraction of sp³-hybridized carbons (Fsp3) is 0.190. The third-order valence-corrected chi connectivity index (χ3v) is 6.45. The monoisotopic (exact) mass is 458 g/mol. The molecule has 0 aliphatic heterocycles. The Balaban J connectivity index is 1.51. The number of aromatic nitrogens is 1. The number of pyridine rings is 1. The van der Waals surface area contributed by atoms with Crippen molar-refractivity contribution in [3.05, 3.63) is 78.3 Å². The van der Waals surface area contributed by atoms with Crippen LogP contribution in [0.5, 0.6) is 5.75 Å². The van der Waals surface area contributed by atoms with Gasteiger partial charge in [0.25, 0.3) is 0 Å². The number of hydrogen-bond donors (Lipinski definition) is 6. The lowest BCUT2D eigenvalue weighted by atomic mass is 10.1. The number of hydrogen-bond acceptors (Lipinski definition) is 10. The van der Waals surface area contributed by atoms with Gasteiger partial charge in [0.05, 0.1) is 20.8 Å². The molecule has 31 heavy (non-hydrogen) atoms. The highest BCUT2D eigenvalue weighted by Gasteiger charge is 2.14. The average molecular weight is 459 g/mol. The first-order valence-electron chi connectivity index (χ1n) is 9.60. The molecule has 3 aromatic rings. The van der Waals surface area contributed by atoms with Crippen LogP contribution in [0.3, 0.4) is 0 Å². The van der Waals surface area contributed by atoms with E-state index in [0.29, 0.717) is 18.7 Å². The van der Waals surface area contributed by atoms with Crippen molar-refractivity contribution >= 4 is 23.3 Å². The summed E-state index contributed by atoms with van der Waals surface area (Å²) in [7, 11) is 0. The molecule has 0 saturated heterocycles. The van der Waals surface area contributed by atoms with Crippen molar-refractivity contribution in [2.75, 3.05) is 13.1 Å². The molecule has 8 nitrogen and oxygen atoms in total. The number of hydrazine groups is 1. The summed E-state index contributed by atoms with van der Waals surface area (Å²) in [6.45, 7) is 0.697. The van der Waals surface area contributed by atoms with Crippen LogP contribution in [0.1, 0.15) is 5.56 Å². The standard InChI is InChI=1S/C21H26N6O2S2/c22-16(12-26-31-21-9-8-20(30-21)19-3-1-2-10-24-19)14-27(23)17(13-25-29)11-15-4-6-18(28)7-5-15/h1-10,14,17,25-26,28-29H,11-13,22-23H2/b16-14-/t17-/m1/s1. The predicted molar refractivity (Wildman–Crippen MR) is 125 cm³/mol. The normalized spacial score (nSPS) is 12.6. The molecule has 10 heteroatoms. The van der Waals surface area contributed by atoms with Crippen molar-refractivity contribution < 1.29 is 10.3 Å². The molecular weight excluding hydrogens is 432 g/mol. The summed E-state index contributed by atoms with van der Waals surface area (Å²) in [6.07, 6.45) is 4.01. The van der Waals surface area contributed by atoms with Gasteiger partial charge < -0.3 is 21.1 Å². The lowest BCUT2D eigenvalue weighted by Crippen LogP contribution is -2.45. The molecule has 0 fully saturated rings. The molecule has 164 valence electrons. The summed E-state index contributed by atoms with van der Waals surface area (Å²) in [6, 6.07) is 16.6. The number of thiophene rings is 1. The number of phenolic OH excluding ortho intramolecular Hbond substituents is 1. The van der Waals surface area contributed by atoms with Crippen LogP contribution in [0, 0.1) is 0 Å². The van der Waals surface area contributed by atoms with Crippen LogP contribution in [0.15, 0.2) is 76.9 Å². The second-order valence-corrected chi connectivity index (χ2v) is 9.07. The first-order chi connectivity index (χ1) is 15.0. The molecule has 0 unspecified atom stereocenters. The molecule has 3 rings (SSSR count). The van der Waals surface area contributed by atoms with E-state index in [2.05, 4.69) is 15.2 Å². The van der Waals surface area contributed by atoms with Gasteiger partial charge >= 0.3 is 0 Å². The first-order valence-corrected chi connectivity index (χ1v) is 11.2. The summed E-state index contributed by atoms with van der Waals surface area (Å²) in [5, 5.41) is 20.1. The van der Waals surface area contributed by atoms with Gasteiger partial charge in [-0.15, -0.1) is 11.3 Å². The van der Waals surface area contributed by atoms with Gasteiger partial charge in [-0.3, -0.25) is 9.71 Å². The Morgan fingerprint density at radius 1 is 1.19 bits per heavy atom. The van der Waals surface area contributed by atoms with E-state index in [0.717, 1.165) is 20.3 Å². The minimum absolute atomic E-state index is 0.204. The van der Waals surface area contributed by atoms with Crippen LogP contribution in [0.25, 0.3) is 10.6 Å². The fourth-order valence-electron chi connectivity index (χ4n) is 2.85. The fourth-order valence-corrected chi connectivity index (χ4v) is 4.69.